The van der Waals surface area contributed by atoms with Gasteiger partial charge in [-0.15, -0.1) is 0 Å². The largest absolute Gasteiger partial charge is 0.347 e. The quantitative estimate of drug-likeness (QED) is 0.821. The molecule has 0 bridgehead atoms. The molecule has 3 rings (SSSR count). The van der Waals surface area contributed by atoms with Crippen molar-refractivity contribution in [3.8, 4) is 6.07 Å². The van der Waals surface area contributed by atoms with E-state index in [1.54, 1.807) is 12.4 Å². The minimum Gasteiger partial charge on any atom is -0.347 e. The molecule has 1 fully saturated rings. The third kappa shape index (κ3) is 2.85. The Labute approximate surface area is 123 Å². The van der Waals surface area contributed by atoms with E-state index in [0.29, 0.717) is 11.6 Å². The number of hydrogen-bond donors (Lipinski definition) is 0. The van der Waals surface area contributed by atoms with Crippen LogP contribution < -0.4 is 4.90 Å². The summed E-state index contributed by atoms with van der Waals surface area (Å²) in [6, 6.07) is 2.45. The van der Waals surface area contributed by atoms with E-state index >= 15 is 0 Å². The second-order valence-corrected chi connectivity index (χ2v) is 5.45. The van der Waals surface area contributed by atoms with Crippen LogP contribution >= 0.6 is 0 Å². The Bertz CT molecular complexity index is 647. The Hall–Kier alpha value is -2.46. The lowest BCUT2D eigenvalue weighted by Crippen LogP contribution is -2.47. The number of anilines is 1. The highest BCUT2D eigenvalue weighted by molar-refractivity contribution is 5.26. The van der Waals surface area contributed by atoms with Crippen LogP contribution in [0.25, 0.3) is 0 Å². The fourth-order valence-corrected chi connectivity index (χ4v) is 2.35. The predicted octanol–water partition coefficient (Wildman–Crippen LogP) is 0.668. The summed E-state index contributed by atoms with van der Waals surface area (Å²) >= 11 is 0. The molecule has 7 heteroatoms. The molecule has 108 valence electrons. The highest BCUT2D eigenvalue weighted by Crippen LogP contribution is 2.22. The van der Waals surface area contributed by atoms with Gasteiger partial charge in [0.15, 0.2) is 0 Å². The fourth-order valence-electron chi connectivity index (χ4n) is 2.35. The molecule has 1 aliphatic rings. The number of rotatable bonds is 4. The van der Waals surface area contributed by atoms with E-state index in [-0.39, 0.29) is 0 Å². The molecule has 0 radical (unpaired) electrons. The lowest BCUT2D eigenvalue weighted by atomic mass is 10.1. The summed E-state index contributed by atoms with van der Waals surface area (Å²) in [4.78, 5) is 12.8. The first-order valence-corrected chi connectivity index (χ1v) is 6.80. The number of hydrogen-bond acceptors (Lipinski definition) is 6. The van der Waals surface area contributed by atoms with Crippen molar-refractivity contribution in [2.24, 2.45) is 0 Å². The lowest BCUT2D eigenvalue weighted by molar-refractivity contribution is 0.0907. The zero-order chi connectivity index (χ0) is 14.8. The summed E-state index contributed by atoms with van der Waals surface area (Å²) < 4.78 is 1.88. The van der Waals surface area contributed by atoms with Crippen molar-refractivity contribution < 1.29 is 0 Å². The summed E-state index contributed by atoms with van der Waals surface area (Å²) in [5.74, 6) is 0.723. The van der Waals surface area contributed by atoms with E-state index in [1.165, 1.54) is 0 Å². The van der Waals surface area contributed by atoms with Gasteiger partial charge in [-0.2, -0.15) is 10.4 Å². The van der Waals surface area contributed by atoms with Gasteiger partial charge in [-0.1, -0.05) is 0 Å². The summed E-state index contributed by atoms with van der Waals surface area (Å²) in [6.45, 7) is 2.71. The van der Waals surface area contributed by atoms with Crippen LogP contribution in [-0.4, -0.2) is 51.8 Å². The van der Waals surface area contributed by atoms with Gasteiger partial charge in [0.2, 0.25) is 5.95 Å². The third-order valence-corrected chi connectivity index (χ3v) is 3.54. The molecule has 21 heavy (non-hydrogen) atoms. The maximum atomic E-state index is 8.80. The second kappa shape index (κ2) is 5.50. The van der Waals surface area contributed by atoms with Crippen LogP contribution in [0.2, 0.25) is 0 Å². The summed E-state index contributed by atoms with van der Waals surface area (Å²) in [7, 11) is 3.85. The molecule has 1 aliphatic heterocycles. The normalized spacial score (nSPS) is 15.5. The van der Waals surface area contributed by atoms with E-state index in [0.717, 1.165) is 31.1 Å². The maximum Gasteiger partial charge on any atom is 0.224 e. The highest BCUT2D eigenvalue weighted by Gasteiger charge is 2.28. The van der Waals surface area contributed by atoms with Gasteiger partial charge in [-0.25, -0.2) is 9.97 Å². The lowest BCUT2D eigenvalue weighted by Gasteiger charge is -2.39. The van der Waals surface area contributed by atoms with E-state index < -0.39 is 0 Å². The minimum atomic E-state index is 0.356. The number of nitriles is 1. The molecule has 1 saturated heterocycles. The third-order valence-electron chi connectivity index (χ3n) is 3.54. The van der Waals surface area contributed by atoms with Gasteiger partial charge in [-0.3, -0.25) is 9.58 Å². The highest BCUT2D eigenvalue weighted by atomic mass is 15.4. The average molecular weight is 283 g/mol. The van der Waals surface area contributed by atoms with Crippen molar-refractivity contribution in [1.82, 2.24) is 24.6 Å². The van der Waals surface area contributed by atoms with Crippen molar-refractivity contribution in [2.45, 2.75) is 12.6 Å². The smallest absolute Gasteiger partial charge is 0.224 e. The van der Waals surface area contributed by atoms with E-state index in [1.807, 2.05) is 36.1 Å². The topological polar surface area (TPSA) is 73.9 Å². The molecule has 0 aliphatic carbocycles. The molecule has 0 unspecified atom stereocenters. The van der Waals surface area contributed by atoms with Gasteiger partial charge in [0.05, 0.1) is 17.8 Å². The van der Waals surface area contributed by atoms with Gasteiger partial charge in [0.1, 0.15) is 6.07 Å². The zero-order valence-electron chi connectivity index (χ0n) is 12.1. The molecular formula is C14H17N7. The summed E-state index contributed by atoms with van der Waals surface area (Å²) in [5.41, 5.74) is 1.72. The maximum absolute atomic E-state index is 8.80. The number of likely N-dealkylation sites (tertiary alicyclic amines) is 1. The van der Waals surface area contributed by atoms with Crippen LogP contribution in [0.5, 0.6) is 0 Å². The predicted molar refractivity (Wildman–Crippen MR) is 77.6 cm³/mol. The van der Waals surface area contributed by atoms with Gasteiger partial charge < -0.3 is 4.90 Å². The molecule has 0 saturated carbocycles. The van der Waals surface area contributed by atoms with Gasteiger partial charge in [-0.05, 0) is 0 Å². The summed E-state index contributed by atoms with van der Waals surface area (Å²) in [5, 5.41) is 13.0. The van der Waals surface area contributed by atoms with Crippen LogP contribution in [-0.2, 0) is 6.54 Å². The molecule has 2 aromatic rings. The van der Waals surface area contributed by atoms with Crippen LogP contribution in [0.4, 0.5) is 5.95 Å². The first kappa shape index (κ1) is 13.5. The Morgan fingerprint density at radius 1 is 1.29 bits per heavy atom. The monoisotopic (exact) mass is 283 g/mol. The molecular weight excluding hydrogens is 266 g/mol. The van der Waals surface area contributed by atoms with E-state index in [4.69, 9.17) is 5.26 Å². The standard InChI is InChI=1S/C14H17N7/c1-19(2)14-16-4-12(5-17-14)7-20-9-13(10-20)21-8-11(3-15)6-18-21/h4-6,8,13H,7,9-10H2,1-2H3. The van der Waals surface area contributed by atoms with Crippen LogP contribution in [0.15, 0.2) is 24.8 Å². The van der Waals surface area contributed by atoms with Gasteiger partial charge in [0.25, 0.3) is 0 Å². The minimum absolute atomic E-state index is 0.356. The molecule has 3 heterocycles. The van der Waals surface area contributed by atoms with Crippen molar-refractivity contribution in [2.75, 3.05) is 32.1 Å². The molecule has 0 aromatic carbocycles. The van der Waals surface area contributed by atoms with Crippen molar-refractivity contribution in [3.05, 3.63) is 35.9 Å². The first-order valence-electron chi connectivity index (χ1n) is 6.80. The molecule has 0 atom stereocenters. The second-order valence-electron chi connectivity index (χ2n) is 5.45. The molecule has 2 aromatic heterocycles. The van der Waals surface area contributed by atoms with Crippen molar-refractivity contribution in [3.63, 3.8) is 0 Å². The van der Waals surface area contributed by atoms with Crippen LogP contribution in [0, 0.1) is 11.3 Å². The fraction of sp³-hybridized carbons (Fsp3) is 0.429. The SMILES string of the molecule is CN(C)c1ncc(CN2CC(n3cc(C#N)cn3)C2)cn1. The van der Waals surface area contributed by atoms with Gasteiger partial charge >= 0.3 is 0 Å². The van der Waals surface area contributed by atoms with Crippen molar-refractivity contribution >= 4 is 5.95 Å². The van der Waals surface area contributed by atoms with E-state index in [9.17, 15) is 0 Å². The number of nitrogens with zero attached hydrogens (tertiary/aromatic N) is 7. The van der Waals surface area contributed by atoms with Crippen molar-refractivity contribution in [1.29, 1.82) is 5.26 Å². The van der Waals surface area contributed by atoms with Crippen LogP contribution in [0.1, 0.15) is 17.2 Å². The molecule has 0 N–H and O–H groups in total. The summed E-state index contributed by atoms with van der Waals surface area (Å²) in [6.07, 6.45) is 7.15. The molecule has 0 spiro atoms. The average Bonchev–Trinajstić information content (AvgIpc) is 2.91. The molecule has 7 nitrogen and oxygen atoms in total. The first-order chi connectivity index (χ1) is 10.2. The Balaban J connectivity index is 1.53. The van der Waals surface area contributed by atoms with E-state index in [2.05, 4.69) is 26.0 Å². The Morgan fingerprint density at radius 2 is 2.00 bits per heavy atom. The zero-order valence-corrected chi connectivity index (χ0v) is 12.1. The van der Waals surface area contributed by atoms with Crippen LogP contribution in [0.3, 0.4) is 0 Å². The van der Waals surface area contributed by atoms with Gasteiger partial charge in [0, 0.05) is 57.9 Å². The Kier molecular flexibility index (Phi) is 3.54. The Morgan fingerprint density at radius 3 is 2.57 bits per heavy atom. The number of aromatic nitrogens is 4. The molecule has 0 amide bonds.